The molecule has 5 rings (SSSR count). The molecule has 3 fully saturated rings. The summed E-state index contributed by atoms with van der Waals surface area (Å²) in [6.07, 6.45) is 3.68. The molecular formula is C27H39N7OS. The lowest BCUT2D eigenvalue weighted by Gasteiger charge is -2.38. The van der Waals surface area contributed by atoms with Crippen LogP contribution in [0.4, 0.5) is 23.3 Å². The lowest BCUT2D eigenvalue weighted by atomic mass is 9.92. The van der Waals surface area contributed by atoms with Crippen molar-refractivity contribution >= 4 is 40.6 Å². The number of aromatic nitrogens is 2. The molecule has 1 aromatic heterocycles. The zero-order valence-electron chi connectivity index (χ0n) is 21.5. The molecular weight excluding hydrogens is 470 g/mol. The Bertz CT molecular complexity index is 998. The van der Waals surface area contributed by atoms with Crippen LogP contribution in [0.2, 0.25) is 0 Å². The van der Waals surface area contributed by atoms with Gasteiger partial charge in [-0.2, -0.15) is 9.97 Å². The minimum absolute atomic E-state index is 0.227. The van der Waals surface area contributed by atoms with Gasteiger partial charge in [0, 0.05) is 64.2 Å². The second-order valence-electron chi connectivity index (χ2n) is 10.5. The van der Waals surface area contributed by atoms with Gasteiger partial charge in [0.15, 0.2) is 5.11 Å². The molecule has 0 radical (unpaired) electrons. The Hall–Kier alpha value is -2.65. The maximum absolute atomic E-state index is 5.71. The Morgan fingerprint density at radius 3 is 2.31 bits per heavy atom. The second kappa shape index (κ2) is 11.6. The fourth-order valence-electron chi connectivity index (χ4n) is 5.64. The first-order valence-electron chi connectivity index (χ1n) is 13.4. The predicted octanol–water partition coefficient (Wildman–Crippen LogP) is 3.75. The fourth-order valence-corrected chi connectivity index (χ4v) is 5.82. The van der Waals surface area contributed by atoms with Gasteiger partial charge in [-0.1, -0.05) is 32.0 Å². The summed E-state index contributed by atoms with van der Waals surface area (Å²) in [5, 5.41) is 7.10. The van der Waals surface area contributed by atoms with Gasteiger partial charge in [0.25, 0.3) is 0 Å². The molecule has 9 heteroatoms. The van der Waals surface area contributed by atoms with E-state index in [1.54, 1.807) is 0 Å². The van der Waals surface area contributed by atoms with Crippen LogP contribution in [0.15, 0.2) is 36.4 Å². The smallest absolute Gasteiger partial charge is 0.232 e. The highest BCUT2D eigenvalue weighted by molar-refractivity contribution is 7.80. The first-order valence-corrected chi connectivity index (χ1v) is 13.8. The van der Waals surface area contributed by atoms with E-state index in [1.165, 1.54) is 12.1 Å². The van der Waals surface area contributed by atoms with Crippen LogP contribution in [0.5, 0.6) is 0 Å². The van der Waals surface area contributed by atoms with Gasteiger partial charge in [-0.3, -0.25) is 0 Å². The molecule has 2 aromatic rings. The van der Waals surface area contributed by atoms with Crippen molar-refractivity contribution in [1.29, 1.82) is 0 Å². The van der Waals surface area contributed by atoms with E-state index in [0.29, 0.717) is 29.4 Å². The van der Waals surface area contributed by atoms with E-state index in [0.717, 1.165) is 70.4 Å². The zero-order chi connectivity index (χ0) is 24.9. The Morgan fingerprint density at radius 1 is 0.972 bits per heavy atom. The first-order chi connectivity index (χ1) is 17.5. The average molecular weight is 510 g/mol. The number of anilines is 4. The van der Waals surface area contributed by atoms with E-state index in [4.69, 9.17) is 26.9 Å². The number of piperidine rings is 1. The summed E-state index contributed by atoms with van der Waals surface area (Å²) in [4.78, 5) is 17.0. The van der Waals surface area contributed by atoms with Crippen molar-refractivity contribution in [3.05, 3.63) is 36.4 Å². The van der Waals surface area contributed by atoms with E-state index in [1.807, 2.05) is 0 Å². The molecule has 0 unspecified atom stereocenters. The SMILES string of the molecule is C[C@@H]1C[C@@H](C)CN(c2cc(N3CCN(c4ccccc4)CC3)nc(NC(=S)NC[C@H]3CCCO3)n2)C1. The Kier molecular flexibility index (Phi) is 8.06. The molecule has 0 saturated carbocycles. The molecule has 3 aliphatic heterocycles. The van der Waals surface area contributed by atoms with Gasteiger partial charge in [-0.15, -0.1) is 0 Å². The maximum Gasteiger partial charge on any atom is 0.232 e. The minimum atomic E-state index is 0.227. The average Bonchev–Trinajstić information content (AvgIpc) is 3.41. The first kappa shape index (κ1) is 25.0. The van der Waals surface area contributed by atoms with E-state index >= 15 is 0 Å². The number of benzene rings is 1. The molecule has 1 aromatic carbocycles. The largest absolute Gasteiger partial charge is 0.376 e. The highest BCUT2D eigenvalue weighted by Crippen LogP contribution is 2.29. The number of rotatable bonds is 6. The van der Waals surface area contributed by atoms with Gasteiger partial charge in [0.2, 0.25) is 5.95 Å². The molecule has 0 spiro atoms. The maximum atomic E-state index is 5.71. The van der Waals surface area contributed by atoms with Crippen molar-refractivity contribution in [2.75, 3.05) is 72.4 Å². The van der Waals surface area contributed by atoms with E-state index in [2.05, 4.69) is 75.6 Å². The number of para-hydroxylation sites is 1. The minimum Gasteiger partial charge on any atom is -0.376 e. The van der Waals surface area contributed by atoms with Crippen molar-refractivity contribution in [3.8, 4) is 0 Å². The van der Waals surface area contributed by atoms with E-state index in [9.17, 15) is 0 Å². The predicted molar refractivity (Wildman–Crippen MR) is 151 cm³/mol. The van der Waals surface area contributed by atoms with E-state index < -0.39 is 0 Å². The van der Waals surface area contributed by atoms with E-state index in [-0.39, 0.29) is 6.10 Å². The molecule has 8 nitrogen and oxygen atoms in total. The number of ether oxygens (including phenoxy) is 1. The van der Waals surface area contributed by atoms with Crippen LogP contribution in [0.1, 0.15) is 33.1 Å². The molecule has 0 aliphatic carbocycles. The number of piperazine rings is 1. The molecule has 36 heavy (non-hydrogen) atoms. The topological polar surface area (TPSA) is 68.8 Å². The van der Waals surface area contributed by atoms with Crippen molar-refractivity contribution < 1.29 is 4.74 Å². The molecule has 3 atom stereocenters. The third-order valence-corrected chi connectivity index (χ3v) is 7.60. The van der Waals surface area contributed by atoms with Gasteiger partial charge in [-0.25, -0.2) is 0 Å². The lowest BCUT2D eigenvalue weighted by Crippen LogP contribution is -2.47. The molecule has 0 amide bonds. The van der Waals surface area contributed by atoms with Crippen molar-refractivity contribution in [2.24, 2.45) is 11.8 Å². The normalized spacial score (nSPS) is 24.6. The molecule has 194 valence electrons. The summed E-state index contributed by atoms with van der Waals surface area (Å²) >= 11 is 5.59. The van der Waals surface area contributed by atoms with Gasteiger partial charge in [0.1, 0.15) is 11.6 Å². The third kappa shape index (κ3) is 6.37. The summed E-state index contributed by atoms with van der Waals surface area (Å²) in [5.74, 6) is 3.79. The van der Waals surface area contributed by atoms with Crippen LogP contribution >= 0.6 is 12.2 Å². The van der Waals surface area contributed by atoms with Gasteiger partial charge >= 0.3 is 0 Å². The van der Waals surface area contributed by atoms with Crippen LogP contribution in [-0.4, -0.2) is 73.6 Å². The summed E-state index contributed by atoms with van der Waals surface area (Å²) in [5.41, 5.74) is 1.28. The standard InChI is InChI=1S/C27H39N7OS/c1-20-15-21(2)19-34(18-20)25-16-24(33-12-10-32(11-13-33)22-7-4-3-5-8-22)29-26(30-25)31-27(36)28-17-23-9-6-14-35-23/h3-5,7-8,16,20-21,23H,6,9-15,17-19H2,1-2H3,(H2,28,29,30,31,36)/t20-,21-,23-/m1/s1. The molecule has 4 heterocycles. The van der Waals surface area contributed by atoms with Gasteiger partial charge < -0.3 is 30.1 Å². The Labute approximate surface area is 220 Å². The lowest BCUT2D eigenvalue weighted by molar-refractivity contribution is 0.114. The highest BCUT2D eigenvalue weighted by atomic mass is 32.1. The molecule has 0 bridgehead atoms. The number of nitrogens with one attached hydrogen (secondary N) is 2. The summed E-state index contributed by atoms with van der Waals surface area (Å²) in [6, 6.07) is 12.8. The highest BCUT2D eigenvalue weighted by Gasteiger charge is 2.26. The Balaban J connectivity index is 1.31. The van der Waals surface area contributed by atoms with Crippen molar-refractivity contribution in [1.82, 2.24) is 15.3 Å². The van der Waals surface area contributed by atoms with Crippen LogP contribution in [-0.2, 0) is 4.74 Å². The molecule has 3 saturated heterocycles. The molecule has 2 N–H and O–H groups in total. The third-order valence-electron chi connectivity index (χ3n) is 7.36. The summed E-state index contributed by atoms with van der Waals surface area (Å²) in [6.45, 7) is 12.0. The zero-order valence-corrected chi connectivity index (χ0v) is 22.3. The van der Waals surface area contributed by atoms with Crippen LogP contribution in [0.25, 0.3) is 0 Å². The number of nitrogens with zero attached hydrogens (tertiary/aromatic N) is 5. The second-order valence-corrected chi connectivity index (χ2v) is 10.9. The van der Waals surface area contributed by atoms with Crippen molar-refractivity contribution in [2.45, 2.75) is 39.2 Å². The van der Waals surface area contributed by atoms with Gasteiger partial charge in [0.05, 0.1) is 6.10 Å². The number of hydrogen-bond acceptors (Lipinski definition) is 7. The fraction of sp³-hybridized carbons (Fsp3) is 0.593. The van der Waals surface area contributed by atoms with Crippen LogP contribution in [0.3, 0.4) is 0 Å². The van der Waals surface area contributed by atoms with Crippen LogP contribution < -0.4 is 25.3 Å². The number of hydrogen-bond donors (Lipinski definition) is 2. The number of thiocarbonyl (C=S) groups is 1. The summed E-state index contributed by atoms with van der Waals surface area (Å²) in [7, 11) is 0. The van der Waals surface area contributed by atoms with Crippen molar-refractivity contribution in [3.63, 3.8) is 0 Å². The van der Waals surface area contributed by atoms with Crippen LogP contribution in [0, 0.1) is 11.8 Å². The monoisotopic (exact) mass is 509 g/mol. The summed E-state index contributed by atoms with van der Waals surface area (Å²) < 4.78 is 5.71. The Morgan fingerprint density at radius 2 is 1.64 bits per heavy atom. The quantitative estimate of drug-likeness (QED) is 0.567. The van der Waals surface area contributed by atoms with Gasteiger partial charge in [-0.05, 0) is 55.4 Å². The molecule has 3 aliphatic rings.